The van der Waals surface area contributed by atoms with Gasteiger partial charge in [-0.2, -0.15) is 4.98 Å². The third-order valence-electron chi connectivity index (χ3n) is 5.08. The number of nitrogens with zero attached hydrogens (tertiary/aromatic N) is 5. The van der Waals surface area contributed by atoms with E-state index in [4.69, 9.17) is 14.3 Å². The smallest absolute Gasteiger partial charge is 0.211 e. The molecule has 0 spiro atoms. The van der Waals surface area contributed by atoms with Crippen molar-refractivity contribution < 1.29 is 29.3 Å². The number of aliphatic hydroxyl groups is 2. The van der Waals surface area contributed by atoms with Crippen molar-refractivity contribution >= 4 is 23.4 Å². The number of methoxy groups -OCH3 is 1. The highest BCUT2D eigenvalue weighted by molar-refractivity contribution is 5.83. The Balaban J connectivity index is 1.73. The third-order valence-corrected chi connectivity index (χ3v) is 5.08. The Labute approximate surface area is 188 Å². The number of aliphatic hydroxyl groups excluding tert-OH is 2. The monoisotopic (exact) mass is 454 g/mol. The first-order valence-electron chi connectivity index (χ1n) is 9.85. The average Bonchev–Trinajstić information content (AvgIpc) is 3.38. The first kappa shape index (κ1) is 22.4. The molecule has 12 nitrogen and oxygen atoms in total. The fraction of sp³-hybridized carbons (Fsp3) is 0.333. The van der Waals surface area contributed by atoms with E-state index >= 15 is 0 Å². The maximum atomic E-state index is 11.1. The predicted octanol–water partition coefficient (Wildman–Crippen LogP) is -0.127. The van der Waals surface area contributed by atoms with Gasteiger partial charge >= 0.3 is 0 Å². The predicted molar refractivity (Wildman–Crippen MR) is 115 cm³/mol. The Morgan fingerprint density at radius 2 is 1.94 bits per heavy atom. The number of nitrogens with one attached hydrogen (secondary N) is 1. The van der Waals surface area contributed by atoms with E-state index in [2.05, 4.69) is 32.3 Å². The van der Waals surface area contributed by atoms with E-state index in [0.29, 0.717) is 17.7 Å². The molecule has 4 atom stereocenters. The van der Waals surface area contributed by atoms with Gasteiger partial charge in [-0.1, -0.05) is 5.92 Å². The highest BCUT2D eigenvalue weighted by atomic mass is 16.6. The number of imidazole rings is 1. The summed E-state index contributed by atoms with van der Waals surface area (Å²) in [5, 5.41) is 20.9. The summed E-state index contributed by atoms with van der Waals surface area (Å²) >= 11 is 0. The number of carbonyl (C=O) groups is 1. The lowest BCUT2D eigenvalue weighted by atomic mass is 10.2. The second-order valence-corrected chi connectivity index (χ2v) is 7.17. The van der Waals surface area contributed by atoms with Crippen LogP contribution in [0.4, 0.5) is 5.82 Å². The molecule has 0 aliphatic carbocycles. The van der Waals surface area contributed by atoms with Crippen LogP contribution >= 0.6 is 0 Å². The van der Waals surface area contributed by atoms with Gasteiger partial charge in [-0.3, -0.25) is 14.2 Å². The molecular weight excluding hydrogens is 432 g/mol. The normalized spacial score (nSPS) is 22.0. The van der Waals surface area contributed by atoms with Crippen LogP contribution in [0.3, 0.4) is 0 Å². The van der Waals surface area contributed by atoms with Crippen LogP contribution in [0, 0.1) is 11.8 Å². The summed E-state index contributed by atoms with van der Waals surface area (Å²) in [6.45, 7) is 0. The van der Waals surface area contributed by atoms with E-state index in [-0.39, 0.29) is 17.3 Å². The van der Waals surface area contributed by atoms with Crippen LogP contribution in [0.5, 0.6) is 5.75 Å². The van der Waals surface area contributed by atoms with E-state index < -0.39 is 24.7 Å². The number of ether oxygens (including phenoxy) is 2. The number of benzene rings is 1. The fourth-order valence-electron chi connectivity index (χ4n) is 3.40. The van der Waals surface area contributed by atoms with Gasteiger partial charge in [0.1, 0.15) is 18.0 Å². The molecule has 0 unspecified atom stereocenters. The minimum absolute atomic E-state index is 0.161. The van der Waals surface area contributed by atoms with Crippen LogP contribution in [0.2, 0.25) is 0 Å². The second-order valence-electron chi connectivity index (χ2n) is 7.17. The second kappa shape index (κ2) is 9.39. The van der Waals surface area contributed by atoms with Gasteiger partial charge in [0.15, 0.2) is 29.4 Å². The summed E-state index contributed by atoms with van der Waals surface area (Å²) in [6, 6.07) is 7.18. The van der Waals surface area contributed by atoms with Gasteiger partial charge in [0.25, 0.3) is 0 Å². The van der Waals surface area contributed by atoms with E-state index in [1.54, 1.807) is 31.4 Å². The van der Waals surface area contributed by atoms with Crippen LogP contribution in [0.1, 0.15) is 17.6 Å². The van der Waals surface area contributed by atoms with Crippen molar-refractivity contribution in [2.45, 2.75) is 24.7 Å². The van der Waals surface area contributed by atoms with Crippen LogP contribution < -0.4 is 10.2 Å². The van der Waals surface area contributed by atoms with Crippen LogP contribution in [-0.2, 0) is 14.4 Å². The zero-order valence-corrected chi connectivity index (χ0v) is 18.0. The molecule has 0 bridgehead atoms. The highest BCUT2D eigenvalue weighted by Crippen LogP contribution is 2.33. The van der Waals surface area contributed by atoms with Gasteiger partial charge in [-0.15, -0.1) is 0 Å². The zero-order valence-electron chi connectivity index (χ0n) is 18.0. The van der Waals surface area contributed by atoms with E-state index in [1.807, 2.05) is 0 Å². The SMILES string of the molecule is CONc1nc(C#Cc2ccc(OC)cc2)nc2c1ncn2[C@@H]1O[C@H](N(C)C=O)[C@@H](O)[C@H]1O. The van der Waals surface area contributed by atoms with Gasteiger partial charge in [-0.05, 0) is 30.2 Å². The van der Waals surface area contributed by atoms with Gasteiger partial charge < -0.3 is 24.6 Å². The van der Waals surface area contributed by atoms with Gasteiger partial charge in [0, 0.05) is 12.6 Å². The number of rotatable bonds is 6. The molecule has 172 valence electrons. The van der Waals surface area contributed by atoms with Crippen molar-refractivity contribution in [2.24, 2.45) is 0 Å². The number of fused-ring (bicyclic) bond motifs is 1. The molecule has 3 heterocycles. The molecule has 2 aromatic heterocycles. The van der Waals surface area contributed by atoms with Gasteiger partial charge in [0.05, 0.1) is 20.5 Å². The Morgan fingerprint density at radius 1 is 1.18 bits per heavy atom. The molecule has 1 aromatic carbocycles. The van der Waals surface area contributed by atoms with Crippen LogP contribution in [0.25, 0.3) is 11.2 Å². The minimum Gasteiger partial charge on any atom is -0.497 e. The number of anilines is 1. The Morgan fingerprint density at radius 3 is 2.61 bits per heavy atom. The van der Waals surface area contributed by atoms with Crippen molar-refractivity contribution in [1.29, 1.82) is 0 Å². The molecule has 0 saturated carbocycles. The Bertz CT molecular complexity index is 1200. The maximum Gasteiger partial charge on any atom is 0.211 e. The molecular formula is C21H22N6O6. The summed E-state index contributed by atoms with van der Waals surface area (Å²) in [5.74, 6) is 7.01. The van der Waals surface area contributed by atoms with Crippen molar-refractivity contribution in [1.82, 2.24) is 24.4 Å². The number of likely N-dealkylation sites (N-methyl/N-ethyl adjacent to an activating group) is 1. The maximum absolute atomic E-state index is 11.1. The Hall–Kier alpha value is -3.76. The van der Waals surface area contributed by atoms with Crippen molar-refractivity contribution in [2.75, 3.05) is 26.7 Å². The van der Waals surface area contributed by atoms with Gasteiger partial charge in [0.2, 0.25) is 12.2 Å². The molecule has 1 aliphatic heterocycles. The number of hydrogen-bond acceptors (Lipinski definition) is 10. The molecule has 1 fully saturated rings. The number of amides is 1. The molecule has 1 aliphatic rings. The largest absolute Gasteiger partial charge is 0.497 e. The molecule has 1 saturated heterocycles. The van der Waals surface area contributed by atoms with E-state index in [9.17, 15) is 15.0 Å². The summed E-state index contributed by atoms with van der Waals surface area (Å²) in [4.78, 5) is 30.3. The molecule has 3 N–H and O–H groups in total. The van der Waals surface area contributed by atoms with Crippen LogP contribution in [0.15, 0.2) is 30.6 Å². The number of hydrogen-bond donors (Lipinski definition) is 3. The third kappa shape index (κ3) is 4.30. The van der Waals surface area contributed by atoms with Crippen molar-refractivity contribution in [3.8, 4) is 17.6 Å². The lowest BCUT2D eigenvalue weighted by molar-refractivity contribution is -0.138. The standard InChI is InChI=1S/C21H22N6O6/c1-26(11-28)20-16(29)17(30)21(33-20)27-10-22-15-18(25-32-3)23-14(24-19(15)27)9-6-12-4-7-13(31-2)8-5-12/h4-5,7-8,10-11,16-17,20-21,29-30H,1-3H3,(H,23,24,25)/t16-,17+,20-,21+/m0/s1. The highest BCUT2D eigenvalue weighted by Gasteiger charge is 2.46. The topological polar surface area (TPSA) is 144 Å². The number of aromatic nitrogens is 4. The van der Waals surface area contributed by atoms with Crippen molar-refractivity contribution in [3.63, 3.8) is 0 Å². The fourth-order valence-corrected chi connectivity index (χ4v) is 3.40. The number of carbonyl (C=O) groups excluding carboxylic acids is 1. The molecule has 12 heteroatoms. The quantitative estimate of drug-likeness (QED) is 0.262. The first-order valence-corrected chi connectivity index (χ1v) is 9.85. The molecule has 4 rings (SSSR count). The molecule has 3 aromatic rings. The summed E-state index contributed by atoms with van der Waals surface area (Å²) in [5.41, 5.74) is 4.00. The minimum atomic E-state index is -1.34. The van der Waals surface area contributed by atoms with Crippen LogP contribution in [-0.4, -0.2) is 80.7 Å². The summed E-state index contributed by atoms with van der Waals surface area (Å²) in [6.07, 6.45) is -2.85. The lowest BCUT2D eigenvalue weighted by Gasteiger charge is -2.22. The van der Waals surface area contributed by atoms with Gasteiger partial charge in [-0.25, -0.2) is 15.4 Å². The van der Waals surface area contributed by atoms with E-state index in [1.165, 1.54) is 25.1 Å². The lowest BCUT2D eigenvalue weighted by Crippen LogP contribution is -2.41. The summed E-state index contributed by atoms with van der Waals surface area (Å²) in [7, 11) is 4.45. The molecule has 33 heavy (non-hydrogen) atoms. The first-order chi connectivity index (χ1) is 16.0. The van der Waals surface area contributed by atoms with E-state index in [0.717, 1.165) is 10.5 Å². The average molecular weight is 454 g/mol. The van der Waals surface area contributed by atoms with Crippen molar-refractivity contribution in [3.05, 3.63) is 42.0 Å². The Kier molecular flexibility index (Phi) is 6.38. The molecule has 1 amide bonds. The zero-order chi connectivity index (χ0) is 23.5. The molecule has 0 radical (unpaired) electrons. The summed E-state index contributed by atoms with van der Waals surface area (Å²) < 4.78 is 12.3.